The van der Waals surface area contributed by atoms with Gasteiger partial charge in [0.25, 0.3) is 35.4 Å². The SMILES string of the molecule is [2H]c1c([2H])c(N)c2c(c1[2H])C(=O)N(C1([2H])C(=O)NC(=O)C([2H])([2H])C1([2H])[2H])C2.[2H]c1c([2H])c(N)c2c(c1[2H])C(=O)N(C1([2H])CCC(=O)NC1=O)C2([2H])[2H].[2H]c1c([2H])c(N)c2c(c1[2H])C(=O)N([C@@]1([2H])C(=O)NC(=O)C([2H])([2H])C1([2H])[2H])C2.[2H]c1c([2H])c(N)c2c(c1[2H])C(=O)N([C@@]1([2H])CCC(=O)NC1=O)C2([2H])[2H].[2H]c1c([2H])c(N)c2c(c1[2H])C(=O)N([C@]1([2H])C(=O)NC(=O)C([2H])([2H])C1([2H])[2H])C2.[2H]c1c([2H])c(N)c2c(c1[2H])C(=O)N([C@]1([2H])CCC(=O)NC1=O)C2([2H])[2H]. The fourth-order valence-electron chi connectivity index (χ4n) is 11.6. The van der Waals surface area contributed by atoms with Gasteiger partial charge in [-0.1, -0.05) is 36.3 Å². The Morgan fingerprint density at radius 1 is 0.272 bits per heavy atom. The average molecular weight is 1600 g/mol. The van der Waals surface area contributed by atoms with E-state index >= 15 is 0 Å². The molecule has 6 fully saturated rings. The van der Waals surface area contributed by atoms with Crippen LogP contribution in [0.3, 0.4) is 0 Å². The molecular formula is C78H78N18O18. The first-order valence-corrected chi connectivity index (χ1v) is 32.4. The summed E-state index contributed by atoms with van der Waals surface area (Å²) in [5.41, 5.74) is 26.9. The third-order valence-electron chi connectivity index (χ3n) is 17.1. The third-order valence-corrected chi connectivity index (χ3v) is 17.1. The number of anilines is 6. The number of fused-ring (bicyclic) bond motifs is 6. The van der Waals surface area contributed by atoms with Crippen LogP contribution in [0.25, 0.3) is 0 Å². The molecule has 18 rings (SSSR count). The molecule has 0 spiro atoms. The molecule has 12 heterocycles. The minimum absolute atomic E-state index is 0.126. The van der Waals surface area contributed by atoms with Crippen LogP contribution in [0.15, 0.2) is 109 Å². The van der Waals surface area contributed by atoms with Crippen LogP contribution >= 0.6 is 0 Å². The molecule has 0 aromatic heterocycles. The van der Waals surface area contributed by atoms with Crippen LogP contribution in [0.4, 0.5) is 34.1 Å². The van der Waals surface area contributed by atoms with E-state index in [4.69, 9.17) is 92.0 Å². The molecule has 114 heavy (non-hydrogen) atoms. The molecule has 6 atom stereocenters. The standard InChI is InChI=1S/6C13H13N3O3/c6*14-9-3-1-2-7-8(9)6-16(13(7)19)10-4-5-11(17)15-12(10)18/h6*1-3,10H,4-6,14H2,(H,15,17,18)/t4*10-;;/m1100../s1/i1D,2D,3D,4D2,5D2,10D;1D,2D,3D,6D2,10D;1D,2D,3D,4D2,5D2,10D;1D,2D,3D,6D2,10D;1D,2D,3D,4D2,5D2,10D;1D,2D,3D,6D2,10D. The second-order valence-corrected chi connectivity index (χ2v) is 24.1. The van der Waals surface area contributed by atoms with Gasteiger partial charge in [0.15, 0.2) is 0 Å². The summed E-state index contributed by atoms with van der Waals surface area (Å²) in [5.74, 6) is -21.8. The van der Waals surface area contributed by atoms with Crippen LogP contribution < -0.4 is 66.3 Å². The molecule has 18 N–H and O–H groups in total. The first-order chi connectivity index (χ1) is 70.9. The summed E-state index contributed by atoms with van der Waals surface area (Å²) >= 11 is 0. The van der Waals surface area contributed by atoms with E-state index in [1.54, 1.807) is 16.0 Å². The van der Waals surface area contributed by atoms with Crippen molar-refractivity contribution in [2.45, 2.75) is 152 Å². The Balaban J connectivity index is 0.000000155. The lowest BCUT2D eigenvalue weighted by atomic mass is 10.0. The predicted molar refractivity (Wildman–Crippen MR) is 401 cm³/mol. The van der Waals surface area contributed by atoms with E-state index in [0.717, 1.165) is 0 Å². The number of hydrogen-bond donors (Lipinski definition) is 12. The molecule has 588 valence electrons. The highest BCUT2D eigenvalue weighted by atomic mass is 16.2. The minimum atomic E-state index is -3.44. The minimum Gasteiger partial charge on any atom is -0.398 e. The van der Waals surface area contributed by atoms with E-state index < -0.39 is 415 Å². The maximum Gasteiger partial charge on any atom is 0.255 e. The molecule has 0 radical (unpaired) electrons. The summed E-state index contributed by atoms with van der Waals surface area (Å²) in [6, 6.07) is -28.2. The van der Waals surface area contributed by atoms with Gasteiger partial charge in [-0.3, -0.25) is 118 Å². The van der Waals surface area contributed by atoms with Crippen molar-refractivity contribution in [3.63, 3.8) is 0 Å². The third kappa shape index (κ3) is 15.4. The number of nitrogen functional groups attached to an aromatic ring is 6. The van der Waals surface area contributed by atoms with Gasteiger partial charge in [-0.2, -0.15) is 0 Å². The molecule has 6 saturated heterocycles. The lowest BCUT2D eigenvalue weighted by molar-refractivity contribution is -0.138. The molecule has 12 aliphatic heterocycles. The Labute approximate surface area is 707 Å². The summed E-state index contributed by atoms with van der Waals surface area (Å²) in [7, 11) is 0. The zero-order valence-electron chi connectivity index (χ0n) is 99.4. The summed E-state index contributed by atoms with van der Waals surface area (Å²) in [5, 5.41) is 10.4. The fraction of sp³-hybridized carbons (Fsp3) is 0.308. The van der Waals surface area contributed by atoms with E-state index in [0.29, 0.717) is 29.4 Å². The van der Waals surface area contributed by atoms with Crippen molar-refractivity contribution in [3.05, 3.63) is 176 Å². The number of nitrogens with two attached hydrogens (primary N) is 6. The largest absolute Gasteiger partial charge is 0.398 e. The maximum atomic E-state index is 12.8. The van der Waals surface area contributed by atoms with Gasteiger partial charge in [-0.05, 0) is 111 Å². The van der Waals surface area contributed by atoms with Crippen LogP contribution in [-0.4, -0.2) is 172 Å². The highest BCUT2D eigenvalue weighted by molar-refractivity contribution is 6.11. The van der Waals surface area contributed by atoms with E-state index in [1.807, 2.05) is 16.0 Å². The van der Waals surface area contributed by atoms with Crippen LogP contribution in [0.1, 0.15) is 230 Å². The summed E-state index contributed by atoms with van der Waals surface area (Å²) in [4.78, 5) is 221. The number of rotatable bonds is 6. The predicted octanol–water partition coefficient (Wildman–Crippen LogP) is 0.179. The Morgan fingerprint density at radius 2 is 0.465 bits per heavy atom. The van der Waals surface area contributed by atoms with Gasteiger partial charge < -0.3 is 63.8 Å². The number of hydrogen-bond acceptors (Lipinski definition) is 24. The van der Waals surface area contributed by atoms with Crippen LogP contribution in [0.2, 0.25) is 0 Å². The Morgan fingerprint density at radius 3 is 0.693 bits per heavy atom. The van der Waals surface area contributed by atoms with E-state index in [9.17, 15) is 86.3 Å². The lowest BCUT2D eigenvalue weighted by Crippen LogP contribution is -2.52. The number of carbonyl (C=O) groups is 18. The molecule has 36 nitrogen and oxygen atoms in total. The number of carbonyl (C=O) groups excluding carboxylic acids is 18. The van der Waals surface area contributed by atoms with Crippen LogP contribution in [-0.2, 0) is 96.7 Å². The number of imide groups is 6. The van der Waals surface area contributed by atoms with Gasteiger partial charge in [-0.15, -0.1) is 0 Å². The summed E-state index contributed by atoms with van der Waals surface area (Å²) in [6.07, 6.45) is -22.3. The first-order valence-electron chi connectivity index (χ1n) is 53.4. The Kier molecular flexibility index (Phi) is 11.6. The van der Waals surface area contributed by atoms with Gasteiger partial charge in [0, 0.05) is 195 Å². The molecule has 6 aromatic carbocycles. The van der Waals surface area contributed by atoms with Crippen LogP contribution in [0.5, 0.6) is 0 Å². The van der Waals surface area contributed by atoms with E-state index in [-0.39, 0.29) is 53.0 Å². The van der Waals surface area contributed by atoms with Gasteiger partial charge in [0.05, 0.1) is 41.1 Å². The average Bonchev–Trinajstić information content (AvgIpc) is 0.796. The quantitative estimate of drug-likeness (QED) is 0.0781. The molecule has 0 saturated carbocycles. The molecule has 2 unspecified atom stereocenters. The smallest absolute Gasteiger partial charge is 0.255 e. The Hall–Kier alpha value is -14.2. The lowest BCUT2D eigenvalue weighted by Gasteiger charge is -2.29. The van der Waals surface area contributed by atoms with Crippen molar-refractivity contribution in [2.24, 2.45) is 0 Å². The monoisotopic (exact) mass is 1600 g/mol. The zero-order chi connectivity index (χ0) is 119. The van der Waals surface area contributed by atoms with Crippen molar-refractivity contribution < 1.29 is 144 Å². The van der Waals surface area contributed by atoms with Gasteiger partial charge in [-0.25, -0.2) is 0 Å². The van der Waals surface area contributed by atoms with Crippen molar-refractivity contribution >= 4 is 140 Å². The number of benzene rings is 6. The van der Waals surface area contributed by atoms with Crippen molar-refractivity contribution in [3.8, 4) is 0 Å². The van der Waals surface area contributed by atoms with E-state index in [1.165, 1.54) is 0 Å². The number of nitrogens with zero attached hydrogens (tertiary/aromatic N) is 6. The first kappa shape index (κ1) is 41.2. The molecule has 0 aliphatic carbocycles. The Bertz CT molecular complexity index is 6930. The summed E-state index contributed by atoms with van der Waals surface area (Å²) in [6.45, 7) is -10.2. The highest BCUT2D eigenvalue weighted by Gasteiger charge is 2.46. The topological polar surface area (TPSA) is 555 Å². The molecular weight excluding hydrogens is 1480 g/mol. The highest BCUT2D eigenvalue weighted by Crippen LogP contribution is 2.37. The number of nitrogens with one attached hydrogen (secondary N) is 6. The van der Waals surface area contributed by atoms with Crippen molar-refractivity contribution in [2.75, 3.05) is 34.4 Å². The fourth-order valence-corrected chi connectivity index (χ4v) is 11.6. The summed E-state index contributed by atoms with van der Waals surface area (Å²) < 4.78 is 333. The molecule has 0 bridgehead atoms. The second kappa shape index (κ2) is 32.0. The van der Waals surface area contributed by atoms with Gasteiger partial charge >= 0.3 is 0 Å². The van der Waals surface area contributed by atoms with E-state index in [2.05, 4.69) is 0 Å². The normalized spacial score (nSPS) is 35.6. The van der Waals surface area contributed by atoms with Gasteiger partial charge in [0.2, 0.25) is 70.9 Å². The second-order valence-electron chi connectivity index (χ2n) is 24.1. The molecule has 12 aliphatic rings. The molecule has 18 amide bonds. The van der Waals surface area contributed by atoms with Gasteiger partial charge in [0.1, 0.15) is 36.1 Å². The van der Waals surface area contributed by atoms with Crippen LogP contribution in [0, 0.1) is 0 Å². The molecule has 36 heteroatoms. The van der Waals surface area contributed by atoms with Crippen molar-refractivity contribution in [1.82, 2.24) is 61.3 Å². The maximum absolute atomic E-state index is 12.8. The molecule has 6 aromatic rings. The number of amides is 18. The number of piperidine rings is 6. The van der Waals surface area contributed by atoms with Crippen molar-refractivity contribution in [1.29, 1.82) is 0 Å². The zero-order valence-corrected chi connectivity index (χ0v) is 57.4.